The molecule has 0 aliphatic rings. The van der Waals surface area contributed by atoms with Crippen LogP contribution in [-0.4, -0.2) is 29.7 Å². The van der Waals surface area contributed by atoms with Crippen LogP contribution in [0.4, 0.5) is 11.6 Å². The number of rotatable bonds is 3. The minimum atomic E-state index is -0.416. The molecule has 0 saturated heterocycles. The van der Waals surface area contributed by atoms with Crippen LogP contribution in [0.1, 0.15) is 0 Å². The molecule has 0 spiro atoms. The van der Waals surface area contributed by atoms with E-state index < -0.39 is 5.91 Å². The summed E-state index contributed by atoms with van der Waals surface area (Å²) in [6, 6.07) is 3.28. The van der Waals surface area contributed by atoms with Gasteiger partial charge in [-0.05, 0) is 12.1 Å². The Morgan fingerprint density at radius 2 is 2.23 bits per heavy atom. The van der Waals surface area contributed by atoms with Gasteiger partial charge in [-0.3, -0.25) is 4.79 Å². The Balaban J connectivity index is 2.71. The summed E-state index contributed by atoms with van der Waals surface area (Å²) in [4.78, 5) is 12.1. The predicted octanol–water partition coefficient (Wildman–Crippen LogP) is -1.02. The number of carbonyl (C=O) groups is 1. The maximum absolute atomic E-state index is 10.6. The molecule has 0 aromatic carbocycles. The predicted molar refractivity (Wildman–Crippen MR) is 48.9 cm³/mol. The highest BCUT2D eigenvalue weighted by Gasteiger charge is 2.04. The number of nitrogen functional groups attached to an aromatic ring is 1. The first-order valence-corrected chi connectivity index (χ1v) is 3.68. The lowest BCUT2D eigenvalue weighted by Gasteiger charge is -2.14. The number of primary amides is 1. The minimum Gasteiger partial charge on any atom is -0.382 e. The van der Waals surface area contributed by atoms with E-state index in [1.165, 1.54) is 0 Å². The molecular formula is C7H11N5O. The quantitative estimate of drug-likeness (QED) is 0.622. The Labute approximate surface area is 75.5 Å². The number of hydrogen-bond donors (Lipinski definition) is 2. The van der Waals surface area contributed by atoms with E-state index >= 15 is 0 Å². The van der Waals surface area contributed by atoms with Gasteiger partial charge in [-0.15, -0.1) is 10.2 Å². The van der Waals surface area contributed by atoms with Crippen LogP contribution in [0.5, 0.6) is 0 Å². The molecule has 0 bridgehead atoms. The van der Waals surface area contributed by atoms with Crippen molar-refractivity contribution in [2.24, 2.45) is 5.73 Å². The fraction of sp³-hybridized carbons (Fsp3) is 0.286. The van der Waals surface area contributed by atoms with Gasteiger partial charge in [0.1, 0.15) is 5.82 Å². The summed E-state index contributed by atoms with van der Waals surface area (Å²) >= 11 is 0. The number of nitrogens with zero attached hydrogens (tertiary/aromatic N) is 3. The van der Waals surface area contributed by atoms with Gasteiger partial charge >= 0.3 is 0 Å². The highest BCUT2D eigenvalue weighted by molar-refractivity contribution is 5.78. The summed E-state index contributed by atoms with van der Waals surface area (Å²) in [5.74, 6) is 0.491. The monoisotopic (exact) mass is 181 g/mol. The maximum atomic E-state index is 10.6. The van der Waals surface area contributed by atoms with Crippen LogP contribution in [0.15, 0.2) is 12.1 Å². The molecule has 0 aliphatic carbocycles. The molecule has 0 aliphatic heterocycles. The first kappa shape index (κ1) is 9.24. The fourth-order valence-electron chi connectivity index (χ4n) is 0.854. The van der Waals surface area contributed by atoms with Crippen LogP contribution >= 0.6 is 0 Å². The second kappa shape index (κ2) is 3.70. The molecule has 0 unspecified atom stereocenters. The Hall–Kier alpha value is -1.85. The second-order valence-electron chi connectivity index (χ2n) is 2.64. The molecule has 0 radical (unpaired) electrons. The van der Waals surface area contributed by atoms with Crippen molar-refractivity contribution in [2.45, 2.75) is 0 Å². The molecule has 0 saturated carbocycles. The third-order valence-corrected chi connectivity index (χ3v) is 1.46. The summed E-state index contributed by atoms with van der Waals surface area (Å²) in [6.07, 6.45) is 0. The van der Waals surface area contributed by atoms with Crippen molar-refractivity contribution in [1.29, 1.82) is 0 Å². The fourth-order valence-corrected chi connectivity index (χ4v) is 0.854. The van der Waals surface area contributed by atoms with Gasteiger partial charge in [0.2, 0.25) is 5.91 Å². The van der Waals surface area contributed by atoms with Crippen molar-refractivity contribution in [3.8, 4) is 0 Å². The van der Waals surface area contributed by atoms with E-state index in [1.807, 2.05) is 0 Å². The van der Waals surface area contributed by atoms with Crippen LogP contribution in [0.2, 0.25) is 0 Å². The van der Waals surface area contributed by atoms with Gasteiger partial charge in [-0.2, -0.15) is 0 Å². The van der Waals surface area contributed by atoms with E-state index in [2.05, 4.69) is 10.2 Å². The van der Waals surface area contributed by atoms with Crippen molar-refractivity contribution >= 4 is 17.5 Å². The molecular weight excluding hydrogens is 170 g/mol. The highest BCUT2D eigenvalue weighted by atomic mass is 16.1. The van der Waals surface area contributed by atoms with Crippen LogP contribution in [-0.2, 0) is 4.79 Å². The molecule has 1 aromatic rings. The number of hydrogen-bond acceptors (Lipinski definition) is 5. The van der Waals surface area contributed by atoms with Crippen molar-refractivity contribution in [2.75, 3.05) is 24.2 Å². The van der Waals surface area contributed by atoms with Crippen molar-refractivity contribution in [1.82, 2.24) is 10.2 Å². The average Bonchev–Trinajstić information content (AvgIpc) is 2.04. The Morgan fingerprint density at radius 3 is 2.69 bits per heavy atom. The van der Waals surface area contributed by atoms with Crippen LogP contribution in [0.3, 0.4) is 0 Å². The van der Waals surface area contributed by atoms with Gasteiger partial charge < -0.3 is 16.4 Å². The standard InChI is InChI=1S/C7H11N5O/c1-12(4-6(9)13)7-3-2-5(8)10-11-7/h2-3H,4H2,1H3,(H2,8,10)(H2,9,13). The van der Waals surface area contributed by atoms with Crippen molar-refractivity contribution in [3.63, 3.8) is 0 Å². The Morgan fingerprint density at radius 1 is 1.54 bits per heavy atom. The molecule has 1 rings (SSSR count). The maximum Gasteiger partial charge on any atom is 0.236 e. The largest absolute Gasteiger partial charge is 0.382 e. The van der Waals surface area contributed by atoms with Gasteiger partial charge in [0.15, 0.2) is 5.82 Å². The number of nitrogens with two attached hydrogens (primary N) is 2. The summed E-state index contributed by atoms with van der Waals surface area (Å²) in [5, 5.41) is 7.42. The second-order valence-corrected chi connectivity index (χ2v) is 2.64. The minimum absolute atomic E-state index is 0.110. The molecule has 6 heteroatoms. The van der Waals surface area contributed by atoms with E-state index in [0.717, 1.165) is 0 Å². The van der Waals surface area contributed by atoms with Gasteiger partial charge in [0.25, 0.3) is 0 Å². The van der Waals surface area contributed by atoms with Crippen molar-refractivity contribution in [3.05, 3.63) is 12.1 Å². The number of aromatic nitrogens is 2. The normalized spacial score (nSPS) is 9.62. The topological polar surface area (TPSA) is 98.1 Å². The number of amides is 1. The van der Waals surface area contributed by atoms with Gasteiger partial charge in [-0.25, -0.2) is 0 Å². The van der Waals surface area contributed by atoms with Crippen LogP contribution in [0, 0.1) is 0 Å². The van der Waals surface area contributed by atoms with E-state index in [-0.39, 0.29) is 6.54 Å². The van der Waals surface area contributed by atoms with E-state index in [0.29, 0.717) is 11.6 Å². The molecule has 13 heavy (non-hydrogen) atoms. The average molecular weight is 181 g/mol. The van der Waals surface area contributed by atoms with Gasteiger partial charge in [0.05, 0.1) is 6.54 Å². The van der Waals surface area contributed by atoms with Gasteiger partial charge in [-0.1, -0.05) is 0 Å². The number of likely N-dealkylation sites (N-methyl/N-ethyl adjacent to an activating group) is 1. The molecule has 1 aromatic heterocycles. The molecule has 6 nitrogen and oxygen atoms in total. The first-order chi connectivity index (χ1) is 6.09. The lowest BCUT2D eigenvalue weighted by atomic mass is 10.4. The third kappa shape index (κ3) is 2.58. The number of carbonyl (C=O) groups excluding carboxylic acids is 1. The Bertz CT molecular complexity index is 296. The summed E-state index contributed by atoms with van der Waals surface area (Å²) < 4.78 is 0. The van der Waals surface area contributed by atoms with Crippen LogP contribution < -0.4 is 16.4 Å². The molecule has 4 N–H and O–H groups in total. The van der Waals surface area contributed by atoms with Crippen LogP contribution in [0.25, 0.3) is 0 Å². The zero-order chi connectivity index (χ0) is 9.84. The summed E-state index contributed by atoms with van der Waals surface area (Å²) in [7, 11) is 1.70. The smallest absolute Gasteiger partial charge is 0.236 e. The summed E-state index contributed by atoms with van der Waals surface area (Å²) in [6.45, 7) is 0.110. The molecule has 70 valence electrons. The van der Waals surface area contributed by atoms with E-state index in [9.17, 15) is 4.79 Å². The van der Waals surface area contributed by atoms with Gasteiger partial charge in [0, 0.05) is 7.05 Å². The number of anilines is 2. The highest BCUT2D eigenvalue weighted by Crippen LogP contribution is 2.06. The van der Waals surface area contributed by atoms with E-state index in [1.54, 1.807) is 24.1 Å². The third-order valence-electron chi connectivity index (χ3n) is 1.46. The SMILES string of the molecule is CN(CC(N)=O)c1ccc(N)nn1. The molecule has 0 atom stereocenters. The van der Waals surface area contributed by atoms with E-state index in [4.69, 9.17) is 11.5 Å². The lowest BCUT2D eigenvalue weighted by Crippen LogP contribution is -2.31. The molecule has 0 fully saturated rings. The summed E-state index contributed by atoms with van der Waals surface area (Å²) in [5.41, 5.74) is 10.4. The lowest BCUT2D eigenvalue weighted by molar-refractivity contribution is -0.116. The van der Waals surface area contributed by atoms with Crippen molar-refractivity contribution < 1.29 is 4.79 Å². The Kier molecular flexibility index (Phi) is 2.63. The zero-order valence-corrected chi connectivity index (χ0v) is 7.27. The first-order valence-electron chi connectivity index (χ1n) is 3.68. The molecule has 1 heterocycles. The molecule has 1 amide bonds. The zero-order valence-electron chi connectivity index (χ0n) is 7.27.